The largest absolute Gasteiger partial charge is 0.480 e. The second kappa shape index (κ2) is 14.4. The number of carbonyl (C=O) groups excluding carboxylic acids is 2. The average Bonchev–Trinajstić information content (AvgIpc) is 2.60. The maximum atomic E-state index is 12.5. The molecule has 0 aliphatic rings. The topological polar surface area (TPSA) is 140 Å². The number of carboxylic acids is 1. The zero-order valence-corrected chi connectivity index (χ0v) is 16.8. The lowest BCUT2D eigenvalue weighted by Gasteiger charge is -2.25. The summed E-state index contributed by atoms with van der Waals surface area (Å²) in [4.78, 5) is 36.0. The van der Waals surface area contributed by atoms with Gasteiger partial charge in [-0.05, 0) is 18.3 Å². The predicted octanol–water partition coefficient (Wildman–Crippen LogP) is 0.125. The highest BCUT2D eigenvalue weighted by Crippen LogP contribution is 2.10. The summed E-state index contributed by atoms with van der Waals surface area (Å²) in [6.07, 6.45) is 1.00. The van der Waals surface area contributed by atoms with E-state index in [-0.39, 0.29) is 25.0 Å². The van der Waals surface area contributed by atoms with Crippen molar-refractivity contribution in [3.63, 3.8) is 0 Å². The zero-order valence-electron chi connectivity index (χ0n) is 16.8. The minimum Gasteiger partial charge on any atom is -0.480 e. The van der Waals surface area contributed by atoms with Gasteiger partial charge in [0, 0.05) is 6.54 Å². The van der Waals surface area contributed by atoms with Gasteiger partial charge in [-0.25, -0.2) is 4.79 Å². The molecule has 0 rings (SSSR count). The molecule has 0 aliphatic heterocycles. The fraction of sp³-hybridized carbons (Fsp3) is 0.833. The van der Waals surface area contributed by atoms with E-state index in [0.29, 0.717) is 32.6 Å². The van der Waals surface area contributed by atoms with Crippen LogP contribution in [-0.4, -0.2) is 67.9 Å². The maximum absolute atomic E-state index is 12.5. The third-order valence-electron chi connectivity index (χ3n) is 4.00. The van der Waals surface area contributed by atoms with Gasteiger partial charge in [-0.15, -0.1) is 0 Å². The second-order valence-electron chi connectivity index (χ2n) is 6.91. The molecule has 0 spiro atoms. The molecule has 3 atom stereocenters. The molecular weight excluding hydrogens is 354 g/mol. The van der Waals surface area contributed by atoms with Gasteiger partial charge in [0.1, 0.15) is 18.7 Å². The Kier molecular flexibility index (Phi) is 13.5. The van der Waals surface area contributed by atoms with Crippen LogP contribution >= 0.6 is 0 Å². The minimum atomic E-state index is -1.09. The fourth-order valence-electron chi connectivity index (χ4n) is 2.34. The van der Waals surface area contributed by atoms with E-state index in [1.165, 1.54) is 0 Å². The molecule has 0 fully saturated rings. The molecule has 0 aromatic rings. The van der Waals surface area contributed by atoms with Crippen molar-refractivity contribution in [2.24, 2.45) is 17.6 Å². The van der Waals surface area contributed by atoms with Gasteiger partial charge in [-0.2, -0.15) is 0 Å². The Morgan fingerprint density at radius 1 is 1.04 bits per heavy atom. The van der Waals surface area contributed by atoms with Gasteiger partial charge >= 0.3 is 5.97 Å². The molecule has 2 amide bonds. The SMILES string of the molecule is CC[C@H](C)[C@H](NC(=O)[C@H](CC(C)C)NC(=O)COCCOCCN)C(=O)O. The van der Waals surface area contributed by atoms with E-state index in [2.05, 4.69) is 10.6 Å². The number of ether oxygens (including phenoxy) is 2. The molecular formula is C18H35N3O6. The van der Waals surface area contributed by atoms with Crippen molar-refractivity contribution in [2.45, 2.75) is 52.6 Å². The first-order valence-electron chi connectivity index (χ1n) is 9.40. The molecule has 5 N–H and O–H groups in total. The third kappa shape index (κ3) is 11.6. The summed E-state index contributed by atoms with van der Waals surface area (Å²) in [6.45, 7) is 8.65. The molecule has 0 aliphatic carbocycles. The van der Waals surface area contributed by atoms with E-state index in [1.807, 2.05) is 20.8 Å². The van der Waals surface area contributed by atoms with Crippen LogP contribution in [0.4, 0.5) is 0 Å². The number of nitrogens with two attached hydrogens (primary N) is 1. The molecule has 0 saturated heterocycles. The van der Waals surface area contributed by atoms with Crippen molar-refractivity contribution in [1.82, 2.24) is 10.6 Å². The average molecular weight is 389 g/mol. The molecule has 0 saturated carbocycles. The Morgan fingerprint density at radius 2 is 1.67 bits per heavy atom. The number of aliphatic carboxylic acids is 1. The standard InChI is InChI=1S/C18H35N3O6/c1-5-13(4)16(18(24)25)21-17(23)14(10-12(2)3)20-15(22)11-27-9-8-26-7-6-19/h12-14,16H,5-11,19H2,1-4H3,(H,20,22)(H,21,23)(H,24,25)/t13-,14-,16-/m0/s1. The van der Waals surface area contributed by atoms with Crippen molar-refractivity contribution in [3.05, 3.63) is 0 Å². The Bertz CT molecular complexity index is 458. The number of carboxylic acid groups (broad SMARTS) is 1. The van der Waals surface area contributed by atoms with Crippen LogP contribution in [0.5, 0.6) is 0 Å². The van der Waals surface area contributed by atoms with Crippen molar-refractivity contribution in [3.8, 4) is 0 Å². The maximum Gasteiger partial charge on any atom is 0.326 e. The first kappa shape index (κ1) is 25.3. The summed E-state index contributed by atoms with van der Waals surface area (Å²) >= 11 is 0. The van der Waals surface area contributed by atoms with E-state index in [9.17, 15) is 19.5 Å². The van der Waals surface area contributed by atoms with Gasteiger partial charge in [0.25, 0.3) is 0 Å². The van der Waals surface area contributed by atoms with Gasteiger partial charge in [0.2, 0.25) is 11.8 Å². The molecule has 158 valence electrons. The molecule has 9 heteroatoms. The molecule has 0 bridgehead atoms. The van der Waals surface area contributed by atoms with Crippen LogP contribution in [0.15, 0.2) is 0 Å². The van der Waals surface area contributed by atoms with Gasteiger partial charge in [-0.1, -0.05) is 34.1 Å². The molecule has 9 nitrogen and oxygen atoms in total. The van der Waals surface area contributed by atoms with E-state index in [4.69, 9.17) is 15.2 Å². The number of nitrogens with one attached hydrogen (secondary N) is 2. The highest BCUT2D eigenvalue weighted by molar-refractivity contribution is 5.90. The number of rotatable bonds is 15. The van der Waals surface area contributed by atoms with Crippen molar-refractivity contribution < 1.29 is 29.0 Å². The summed E-state index contributed by atoms with van der Waals surface area (Å²) in [6, 6.07) is -1.81. The number of carbonyl (C=O) groups is 3. The summed E-state index contributed by atoms with van der Waals surface area (Å²) in [5.41, 5.74) is 5.29. The van der Waals surface area contributed by atoms with Gasteiger partial charge in [0.05, 0.1) is 19.8 Å². The molecule has 27 heavy (non-hydrogen) atoms. The molecule has 0 unspecified atom stereocenters. The smallest absolute Gasteiger partial charge is 0.326 e. The van der Waals surface area contributed by atoms with Gasteiger partial charge in [0.15, 0.2) is 0 Å². The summed E-state index contributed by atoms with van der Waals surface area (Å²) in [5.74, 6) is -2.12. The molecule has 0 radical (unpaired) electrons. The first-order chi connectivity index (χ1) is 12.7. The van der Waals surface area contributed by atoms with Crippen LogP contribution in [0.3, 0.4) is 0 Å². The van der Waals surface area contributed by atoms with Gasteiger partial charge in [-0.3, -0.25) is 9.59 Å². The lowest BCUT2D eigenvalue weighted by molar-refractivity contribution is -0.144. The first-order valence-corrected chi connectivity index (χ1v) is 9.40. The van der Waals surface area contributed by atoms with Crippen LogP contribution < -0.4 is 16.4 Å². The van der Waals surface area contributed by atoms with E-state index < -0.39 is 29.9 Å². The lowest BCUT2D eigenvalue weighted by atomic mass is 9.97. The quantitative estimate of drug-likeness (QED) is 0.292. The molecule has 0 aromatic heterocycles. The fourth-order valence-corrected chi connectivity index (χ4v) is 2.34. The summed E-state index contributed by atoms with van der Waals surface area (Å²) < 4.78 is 10.3. The monoisotopic (exact) mass is 389 g/mol. The van der Waals surface area contributed by atoms with Crippen molar-refractivity contribution >= 4 is 17.8 Å². The van der Waals surface area contributed by atoms with E-state index in [0.717, 1.165) is 0 Å². The third-order valence-corrected chi connectivity index (χ3v) is 4.00. The van der Waals surface area contributed by atoms with Crippen LogP contribution in [-0.2, 0) is 23.9 Å². The highest BCUT2D eigenvalue weighted by atomic mass is 16.5. The van der Waals surface area contributed by atoms with Crippen LogP contribution in [0, 0.1) is 11.8 Å². The lowest BCUT2D eigenvalue weighted by Crippen LogP contribution is -2.54. The van der Waals surface area contributed by atoms with Crippen molar-refractivity contribution in [2.75, 3.05) is 33.0 Å². The predicted molar refractivity (Wildman–Crippen MR) is 101 cm³/mol. The number of hydrogen-bond donors (Lipinski definition) is 4. The van der Waals surface area contributed by atoms with Crippen LogP contribution in [0.1, 0.15) is 40.5 Å². The number of amides is 2. The zero-order chi connectivity index (χ0) is 20.8. The highest BCUT2D eigenvalue weighted by Gasteiger charge is 2.29. The Hall–Kier alpha value is -1.71. The van der Waals surface area contributed by atoms with E-state index in [1.54, 1.807) is 6.92 Å². The summed E-state index contributed by atoms with van der Waals surface area (Å²) in [5, 5.41) is 14.5. The Labute approximate surface area is 161 Å². The second-order valence-corrected chi connectivity index (χ2v) is 6.91. The van der Waals surface area contributed by atoms with Gasteiger partial charge < -0.3 is 30.9 Å². The van der Waals surface area contributed by atoms with Crippen LogP contribution in [0.2, 0.25) is 0 Å². The molecule has 0 aromatic carbocycles. The van der Waals surface area contributed by atoms with E-state index >= 15 is 0 Å². The van der Waals surface area contributed by atoms with Crippen LogP contribution in [0.25, 0.3) is 0 Å². The number of hydrogen-bond acceptors (Lipinski definition) is 6. The van der Waals surface area contributed by atoms with Crippen molar-refractivity contribution in [1.29, 1.82) is 0 Å². The Balaban J connectivity index is 4.65. The summed E-state index contributed by atoms with van der Waals surface area (Å²) in [7, 11) is 0. The Morgan fingerprint density at radius 3 is 2.19 bits per heavy atom. The molecule has 0 heterocycles. The normalized spacial score (nSPS) is 14.4. The minimum absolute atomic E-state index is 0.138.